The fourth-order valence-corrected chi connectivity index (χ4v) is 1.88. The van der Waals surface area contributed by atoms with Crippen LogP contribution in [0.15, 0.2) is 54.6 Å². The van der Waals surface area contributed by atoms with Crippen LogP contribution in [0.3, 0.4) is 0 Å². The smallest absolute Gasteiger partial charge is 0.328 e. The second-order valence-corrected chi connectivity index (χ2v) is 4.23. The van der Waals surface area contributed by atoms with Crippen LogP contribution in [-0.2, 0) is 4.79 Å². The predicted octanol–water partition coefficient (Wildman–Crippen LogP) is 3.98. The monoisotopic (exact) mass is 256 g/mol. The van der Waals surface area contributed by atoms with Crippen LogP contribution in [0.2, 0.25) is 0 Å². The highest BCUT2D eigenvalue weighted by atomic mass is 19.1. The minimum absolute atomic E-state index is 0.359. The fourth-order valence-electron chi connectivity index (χ4n) is 1.88. The molecule has 0 saturated carbocycles. The minimum atomic E-state index is -1.04. The van der Waals surface area contributed by atoms with E-state index >= 15 is 0 Å². The van der Waals surface area contributed by atoms with Crippen molar-refractivity contribution >= 4 is 11.5 Å². The summed E-state index contributed by atoms with van der Waals surface area (Å²) in [6.45, 7) is 1.64. The molecule has 0 bridgehead atoms. The van der Waals surface area contributed by atoms with Crippen molar-refractivity contribution in [3.63, 3.8) is 0 Å². The summed E-state index contributed by atoms with van der Waals surface area (Å²) in [7, 11) is 0. The van der Waals surface area contributed by atoms with Gasteiger partial charge in [-0.25, -0.2) is 9.18 Å². The molecule has 0 saturated heterocycles. The van der Waals surface area contributed by atoms with E-state index < -0.39 is 5.97 Å². The van der Waals surface area contributed by atoms with Crippen molar-refractivity contribution < 1.29 is 14.3 Å². The molecule has 2 rings (SSSR count). The maximum Gasteiger partial charge on any atom is 0.328 e. The molecule has 0 aromatic heterocycles. The number of allylic oxidation sites excluding steroid dienone is 1. The molecule has 0 fully saturated rings. The van der Waals surface area contributed by atoms with Gasteiger partial charge in [-0.2, -0.15) is 0 Å². The summed E-state index contributed by atoms with van der Waals surface area (Å²) in [5.41, 5.74) is 2.39. The molecule has 0 unspecified atom stereocenters. The van der Waals surface area contributed by atoms with Crippen LogP contribution >= 0.6 is 0 Å². The van der Waals surface area contributed by atoms with Crippen LogP contribution < -0.4 is 0 Å². The lowest BCUT2D eigenvalue weighted by molar-refractivity contribution is -0.131. The summed E-state index contributed by atoms with van der Waals surface area (Å²) in [6, 6.07) is 14.0. The molecule has 0 radical (unpaired) electrons. The molecule has 1 N–H and O–H groups in total. The van der Waals surface area contributed by atoms with Gasteiger partial charge < -0.3 is 5.11 Å². The van der Waals surface area contributed by atoms with Gasteiger partial charge in [0.25, 0.3) is 0 Å². The van der Waals surface area contributed by atoms with Gasteiger partial charge in [0.05, 0.1) is 0 Å². The van der Waals surface area contributed by atoms with E-state index in [0.717, 1.165) is 11.6 Å². The van der Waals surface area contributed by atoms with E-state index in [9.17, 15) is 9.18 Å². The zero-order chi connectivity index (χ0) is 13.8. The first-order valence-corrected chi connectivity index (χ1v) is 5.84. The summed E-state index contributed by atoms with van der Waals surface area (Å²) in [4.78, 5) is 10.6. The van der Waals surface area contributed by atoms with Crippen LogP contribution in [-0.4, -0.2) is 11.1 Å². The Hall–Kier alpha value is -2.42. The van der Waals surface area contributed by atoms with Crippen molar-refractivity contribution in [1.29, 1.82) is 0 Å². The number of benzene rings is 2. The van der Waals surface area contributed by atoms with Crippen LogP contribution in [0, 0.1) is 5.82 Å². The number of aliphatic carboxylic acids is 1. The Kier molecular flexibility index (Phi) is 3.76. The predicted molar refractivity (Wildman–Crippen MR) is 73.1 cm³/mol. The van der Waals surface area contributed by atoms with E-state index in [1.807, 2.05) is 30.3 Å². The zero-order valence-electron chi connectivity index (χ0n) is 10.4. The third kappa shape index (κ3) is 3.07. The summed E-state index contributed by atoms with van der Waals surface area (Å²) in [6.07, 6.45) is 1.07. The average molecular weight is 256 g/mol. The van der Waals surface area contributed by atoms with Gasteiger partial charge in [0.15, 0.2) is 0 Å². The topological polar surface area (TPSA) is 37.3 Å². The largest absolute Gasteiger partial charge is 0.478 e. The third-order valence-corrected chi connectivity index (χ3v) is 2.85. The number of carboxylic acid groups (broad SMARTS) is 1. The Morgan fingerprint density at radius 1 is 1.16 bits per heavy atom. The lowest BCUT2D eigenvalue weighted by Crippen LogP contribution is -1.92. The normalized spacial score (nSPS) is 11.4. The van der Waals surface area contributed by atoms with E-state index in [0.29, 0.717) is 16.7 Å². The quantitative estimate of drug-likeness (QED) is 0.843. The third-order valence-electron chi connectivity index (χ3n) is 2.85. The molecular weight excluding hydrogens is 243 g/mol. The molecule has 0 spiro atoms. The number of rotatable bonds is 3. The number of halogens is 1. The van der Waals surface area contributed by atoms with Gasteiger partial charge in [0.1, 0.15) is 5.82 Å². The molecule has 0 atom stereocenters. The second kappa shape index (κ2) is 5.48. The van der Waals surface area contributed by atoms with Gasteiger partial charge in [-0.15, -0.1) is 0 Å². The molecule has 0 amide bonds. The van der Waals surface area contributed by atoms with Gasteiger partial charge in [-0.3, -0.25) is 0 Å². The van der Waals surface area contributed by atoms with Gasteiger partial charge in [-0.1, -0.05) is 42.5 Å². The zero-order valence-corrected chi connectivity index (χ0v) is 10.4. The van der Waals surface area contributed by atoms with Crippen molar-refractivity contribution in [2.45, 2.75) is 6.92 Å². The minimum Gasteiger partial charge on any atom is -0.478 e. The molecule has 0 aliphatic rings. The number of carbonyl (C=O) groups is 1. The van der Waals surface area contributed by atoms with Gasteiger partial charge >= 0.3 is 5.97 Å². The first-order valence-electron chi connectivity index (χ1n) is 5.84. The van der Waals surface area contributed by atoms with Crippen LogP contribution in [0.1, 0.15) is 12.5 Å². The van der Waals surface area contributed by atoms with E-state index in [1.165, 1.54) is 6.07 Å². The lowest BCUT2D eigenvalue weighted by atomic mass is 10.0. The van der Waals surface area contributed by atoms with Crippen molar-refractivity contribution in [3.05, 3.63) is 66.0 Å². The van der Waals surface area contributed by atoms with Crippen LogP contribution in [0.5, 0.6) is 0 Å². The molecule has 0 aliphatic carbocycles. The maximum atomic E-state index is 14.1. The fraction of sp³-hybridized carbons (Fsp3) is 0.0625. The Labute approximate surface area is 110 Å². The lowest BCUT2D eigenvalue weighted by Gasteiger charge is -2.06. The van der Waals surface area contributed by atoms with Crippen molar-refractivity contribution in [2.75, 3.05) is 0 Å². The van der Waals surface area contributed by atoms with E-state index in [4.69, 9.17) is 5.11 Å². The number of hydrogen-bond donors (Lipinski definition) is 1. The van der Waals surface area contributed by atoms with E-state index in [2.05, 4.69) is 0 Å². The molecule has 96 valence electrons. The molecule has 2 aromatic carbocycles. The van der Waals surface area contributed by atoms with Gasteiger partial charge in [-0.05, 0) is 29.7 Å². The Morgan fingerprint density at radius 2 is 1.84 bits per heavy atom. The highest BCUT2D eigenvalue weighted by Crippen LogP contribution is 2.25. The average Bonchev–Trinajstić information content (AvgIpc) is 2.38. The molecule has 19 heavy (non-hydrogen) atoms. The molecule has 2 aromatic rings. The summed E-state index contributed by atoms with van der Waals surface area (Å²) >= 11 is 0. The molecule has 2 nitrogen and oxygen atoms in total. The molecule has 0 heterocycles. The Balaban J connectivity index is 2.41. The van der Waals surface area contributed by atoms with Crippen LogP contribution in [0.4, 0.5) is 4.39 Å². The van der Waals surface area contributed by atoms with E-state index in [-0.39, 0.29) is 5.82 Å². The first-order chi connectivity index (χ1) is 9.08. The molecule has 3 heteroatoms. The van der Waals surface area contributed by atoms with Crippen LogP contribution in [0.25, 0.3) is 16.7 Å². The second-order valence-electron chi connectivity index (χ2n) is 4.23. The molecule has 0 aliphatic heterocycles. The van der Waals surface area contributed by atoms with Gasteiger partial charge in [0, 0.05) is 11.6 Å². The SMILES string of the molecule is CC(=CC(=O)O)c1ccc(-c2ccccc2)c(F)c1. The maximum absolute atomic E-state index is 14.1. The number of hydrogen-bond acceptors (Lipinski definition) is 1. The van der Waals surface area contributed by atoms with Gasteiger partial charge in [0.2, 0.25) is 0 Å². The molecular formula is C16H13FO2. The summed E-state index contributed by atoms with van der Waals surface area (Å²) in [5.74, 6) is -1.40. The highest BCUT2D eigenvalue weighted by Gasteiger charge is 2.07. The standard InChI is InChI=1S/C16H13FO2/c1-11(9-16(18)19)13-7-8-14(15(17)10-13)12-5-3-2-4-6-12/h2-10H,1H3,(H,18,19). The van der Waals surface area contributed by atoms with Crippen molar-refractivity contribution in [1.82, 2.24) is 0 Å². The van der Waals surface area contributed by atoms with Crippen molar-refractivity contribution in [2.24, 2.45) is 0 Å². The Bertz CT molecular complexity index is 630. The Morgan fingerprint density at radius 3 is 2.42 bits per heavy atom. The number of carboxylic acids is 1. The van der Waals surface area contributed by atoms with E-state index in [1.54, 1.807) is 19.1 Å². The highest BCUT2D eigenvalue weighted by molar-refractivity contribution is 5.89. The summed E-state index contributed by atoms with van der Waals surface area (Å²) in [5, 5.41) is 8.68. The first kappa shape index (κ1) is 13.0. The summed E-state index contributed by atoms with van der Waals surface area (Å²) < 4.78 is 14.1. The van der Waals surface area contributed by atoms with Crippen molar-refractivity contribution in [3.8, 4) is 11.1 Å².